The number of carbonyl (C=O) groups is 1. The average molecular weight is 402 g/mol. The van der Waals surface area contributed by atoms with E-state index >= 15 is 0 Å². The molecule has 4 heteroatoms. The van der Waals surface area contributed by atoms with Gasteiger partial charge in [0.2, 0.25) is 0 Å². The lowest BCUT2D eigenvalue weighted by Gasteiger charge is -2.34. The summed E-state index contributed by atoms with van der Waals surface area (Å²) < 4.78 is 5.81. The maximum atomic E-state index is 13.0. The van der Waals surface area contributed by atoms with Gasteiger partial charge in [-0.2, -0.15) is 0 Å². The van der Waals surface area contributed by atoms with Gasteiger partial charge in [-0.15, -0.1) is 0 Å². The van der Waals surface area contributed by atoms with Gasteiger partial charge >= 0.3 is 0 Å². The molecule has 0 fully saturated rings. The van der Waals surface area contributed by atoms with Crippen LogP contribution >= 0.6 is 12.2 Å². The molecule has 0 radical (unpaired) electrons. The molecular weight excluding hydrogens is 378 g/mol. The first kappa shape index (κ1) is 18.3. The molecule has 5 rings (SSSR count). The molecule has 0 amide bonds. The Labute approximate surface area is 176 Å². The van der Waals surface area contributed by atoms with Crippen LogP contribution < -0.4 is 10.1 Å². The fourth-order valence-corrected chi connectivity index (χ4v) is 5.08. The summed E-state index contributed by atoms with van der Waals surface area (Å²) in [6.45, 7) is 4.04. The van der Waals surface area contributed by atoms with Crippen LogP contribution in [0.25, 0.3) is 5.70 Å². The van der Waals surface area contributed by atoms with Gasteiger partial charge in [-0.3, -0.25) is 4.79 Å². The van der Waals surface area contributed by atoms with Crippen molar-refractivity contribution in [3.05, 3.63) is 82.1 Å². The van der Waals surface area contributed by atoms with Gasteiger partial charge in [-0.1, -0.05) is 48.6 Å². The van der Waals surface area contributed by atoms with Crippen LogP contribution in [0.4, 0.5) is 0 Å². The highest BCUT2D eigenvalue weighted by atomic mass is 32.1. The van der Waals surface area contributed by atoms with E-state index in [9.17, 15) is 4.79 Å². The van der Waals surface area contributed by atoms with E-state index in [2.05, 4.69) is 29.6 Å². The van der Waals surface area contributed by atoms with Crippen molar-refractivity contribution in [2.75, 3.05) is 0 Å². The minimum absolute atomic E-state index is 0.123. The van der Waals surface area contributed by atoms with Gasteiger partial charge in [0.05, 0.1) is 16.7 Å². The molecule has 146 valence electrons. The summed E-state index contributed by atoms with van der Waals surface area (Å²) in [5.74, 6) is 0.951. The Balaban J connectivity index is 1.65. The smallest absolute Gasteiger partial charge is 0.161 e. The monoisotopic (exact) mass is 401 g/mol. The molecule has 29 heavy (non-hydrogen) atoms. The number of carbonyl (C=O) groups excluding carboxylic acids is 1. The lowest BCUT2D eigenvalue weighted by Crippen LogP contribution is -2.31. The van der Waals surface area contributed by atoms with Crippen LogP contribution in [-0.4, -0.2) is 16.8 Å². The Morgan fingerprint density at radius 2 is 1.72 bits per heavy atom. The number of fused-ring (bicyclic) bond motifs is 2. The standard InChI is InChI=1S/C25H23NO2S/c1-14(2)28-16-12-10-15(11-13-16)21-22-19(8-5-9-20(22)27)26-24-17-6-3-4-7-18(17)25(29)23(21)24/h3-4,6-7,10-14,21,26H,5,8-9H2,1-2H3. The lowest BCUT2D eigenvalue weighted by atomic mass is 9.75. The van der Waals surface area contributed by atoms with Gasteiger partial charge in [0, 0.05) is 40.3 Å². The summed E-state index contributed by atoms with van der Waals surface area (Å²) >= 11 is 5.91. The van der Waals surface area contributed by atoms with Crippen LogP contribution in [-0.2, 0) is 4.79 Å². The molecule has 3 aliphatic rings. The number of rotatable bonds is 3. The molecule has 1 aliphatic heterocycles. The molecule has 2 aliphatic carbocycles. The van der Waals surface area contributed by atoms with E-state index in [-0.39, 0.29) is 17.8 Å². The fourth-order valence-electron chi connectivity index (χ4n) is 4.68. The Hall–Kier alpha value is -2.72. The highest BCUT2D eigenvalue weighted by Gasteiger charge is 2.41. The second kappa shape index (κ2) is 6.96. The number of thiocarbonyl (C=S) groups is 1. The topological polar surface area (TPSA) is 38.3 Å². The molecule has 0 spiro atoms. The minimum atomic E-state index is -0.123. The third-order valence-electron chi connectivity index (χ3n) is 5.85. The van der Waals surface area contributed by atoms with Crippen LogP contribution in [0.5, 0.6) is 5.75 Å². The number of hydrogen-bond acceptors (Lipinski definition) is 4. The number of allylic oxidation sites excluding steroid dienone is 3. The SMILES string of the molecule is CC(C)Oc1ccc(C2C3=C(CCCC3=O)NC3=C2C(=S)c2ccccc23)cc1. The van der Waals surface area contributed by atoms with Gasteiger partial charge in [-0.25, -0.2) is 0 Å². The number of ether oxygens (including phenoxy) is 1. The maximum Gasteiger partial charge on any atom is 0.161 e. The van der Waals surface area contributed by atoms with Crippen molar-refractivity contribution in [1.82, 2.24) is 5.32 Å². The van der Waals surface area contributed by atoms with Crippen LogP contribution in [0.2, 0.25) is 0 Å². The third-order valence-corrected chi connectivity index (χ3v) is 6.29. The number of hydrogen-bond donors (Lipinski definition) is 1. The van der Waals surface area contributed by atoms with Crippen LogP contribution in [0.15, 0.2) is 65.4 Å². The lowest BCUT2D eigenvalue weighted by molar-refractivity contribution is -0.116. The minimum Gasteiger partial charge on any atom is -0.491 e. The molecule has 2 aromatic rings. The number of dihydropyridines is 1. The van der Waals surface area contributed by atoms with Crippen molar-refractivity contribution in [2.45, 2.75) is 45.1 Å². The summed E-state index contributed by atoms with van der Waals surface area (Å²) in [4.78, 5) is 13.9. The summed E-state index contributed by atoms with van der Waals surface area (Å²) in [7, 11) is 0. The van der Waals surface area contributed by atoms with E-state index in [1.807, 2.05) is 38.1 Å². The van der Waals surface area contributed by atoms with Crippen molar-refractivity contribution in [1.29, 1.82) is 0 Å². The maximum absolute atomic E-state index is 13.0. The molecule has 1 atom stereocenters. The van der Waals surface area contributed by atoms with Crippen LogP contribution in [0, 0.1) is 0 Å². The number of benzene rings is 2. The van der Waals surface area contributed by atoms with E-state index in [1.165, 1.54) is 0 Å². The second-order valence-electron chi connectivity index (χ2n) is 8.13. The predicted molar refractivity (Wildman–Crippen MR) is 119 cm³/mol. The number of Topliss-reactive ketones (excluding diaryl/α,β-unsaturated/α-hetero) is 1. The van der Waals surface area contributed by atoms with Crippen molar-refractivity contribution in [2.24, 2.45) is 0 Å². The van der Waals surface area contributed by atoms with E-state index in [1.54, 1.807) is 0 Å². The number of ketones is 1. The molecular formula is C25H23NO2S. The summed E-state index contributed by atoms with van der Waals surface area (Å²) in [5, 5.41) is 3.60. The van der Waals surface area contributed by atoms with E-state index in [0.29, 0.717) is 6.42 Å². The largest absolute Gasteiger partial charge is 0.491 e. The van der Waals surface area contributed by atoms with Crippen molar-refractivity contribution < 1.29 is 9.53 Å². The first-order chi connectivity index (χ1) is 14.0. The molecule has 0 saturated heterocycles. The second-order valence-corrected chi connectivity index (χ2v) is 8.53. The van der Waals surface area contributed by atoms with Crippen molar-refractivity contribution in [3.63, 3.8) is 0 Å². The normalized spacial score (nSPS) is 20.4. The molecule has 1 heterocycles. The Bertz CT molecular complexity index is 1090. The van der Waals surface area contributed by atoms with E-state index < -0.39 is 0 Å². The summed E-state index contributed by atoms with van der Waals surface area (Å²) in [5.41, 5.74) is 7.40. The Morgan fingerprint density at radius 1 is 1.00 bits per heavy atom. The van der Waals surface area contributed by atoms with Gasteiger partial charge in [0.1, 0.15) is 5.75 Å². The molecule has 3 nitrogen and oxygen atoms in total. The van der Waals surface area contributed by atoms with Crippen LogP contribution in [0.1, 0.15) is 55.7 Å². The molecule has 2 aromatic carbocycles. The Morgan fingerprint density at radius 3 is 2.45 bits per heavy atom. The van der Waals surface area contributed by atoms with E-state index in [4.69, 9.17) is 17.0 Å². The highest BCUT2D eigenvalue weighted by molar-refractivity contribution is 7.81. The van der Waals surface area contributed by atoms with Crippen molar-refractivity contribution >= 4 is 28.6 Å². The molecule has 0 bridgehead atoms. The first-order valence-electron chi connectivity index (χ1n) is 10.2. The fraction of sp³-hybridized carbons (Fsp3) is 0.280. The highest BCUT2D eigenvalue weighted by Crippen LogP contribution is 2.49. The summed E-state index contributed by atoms with van der Waals surface area (Å²) in [6.07, 6.45) is 2.53. The first-order valence-corrected chi connectivity index (χ1v) is 10.6. The molecule has 1 N–H and O–H groups in total. The average Bonchev–Trinajstić information content (AvgIpc) is 2.99. The van der Waals surface area contributed by atoms with Crippen LogP contribution in [0.3, 0.4) is 0 Å². The van der Waals surface area contributed by atoms with Gasteiger partial charge in [0.25, 0.3) is 0 Å². The molecule has 1 unspecified atom stereocenters. The molecule has 0 saturated carbocycles. The van der Waals surface area contributed by atoms with Gasteiger partial charge < -0.3 is 10.1 Å². The molecule has 0 aromatic heterocycles. The zero-order valence-electron chi connectivity index (χ0n) is 16.6. The van der Waals surface area contributed by atoms with E-state index in [0.717, 1.165) is 62.7 Å². The summed E-state index contributed by atoms with van der Waals surface area (Å²) in [6, 6.07) is 16.4. The zero-order chi connectivity index (χ0) is 20.1. The van der Waals surface area contributed by atoms with Crippen molar-refractivity contribution in [3.8, 4) is 5.75 Å². The van der Waals surface area contributed by atoms with Gasteiger partial charge in [0.15, 0.2) is 5.78 Å². The number of nitrogens with one attached hydrogen (secondary N) is 1. The third kappa shape index (κ3) is 2.94. The van der Waals surface area contributed by atoms with Gasteiger partial charge in [-0.05, 0) is 44.4 Å². The zero-order valence-corrected chi connectivity index (χ0v) is 17.4. The predicted octanol–water partition coefficient (Wildman–Crippen LogP) is 5.31. The quantitative estimate of drug-likeness (QED) is 0.708. The Kier molecular flexibility index (Phi) is 4.39.